The lowest BCUT2D eigenvalue weighted by atomic mass is 10.1. The minimum Gasteiger partial charge on any atom is -0.355 e. The van der Waals surface area contributed by atoms with Crippen molar-refractivity contribution in [2.45, 2.75) is 6.18 Å². The summed E-state index contributed by atoms with van der Waals surface area (Å²) in [6, 6.07) is 12.2. The number of para-hydroxylation sites is 1. The van der Waals surface area contributed by atoms with Gasteiger partial charge in [0.2, 0.25) is 0 Å². The zero-order valence-corrected chi connectivity index (χ0v) is 11.2. The van der Waals surface area contributed by atoms with Crippen LogP contribution in [0.5, 0.6) is 0 Å². The largest absolute Gasteiger partial charge is 0.416 e. The van der Waals surface area contributed by atoms with Gasteiger partial charge < -0.3 is 5.32 Å². The smallest absolute Gasteiger partial charge is 0.355 e. The quantitative estimate of drug-likeness (QED) is 0.704. The molecule has 1 aliphatic heterocycles. The van der Waals surface area contributed by atoms with Gasteiger partial charge in [0, 0.05) is 16.9 Å². The number of amidine groups is 1. The first kappa shape index (κ1) is 14.2. The Hall–Kier alpha value is -2.74. The fourth-order valence-electron chi connectivity index (χ4n) is 2.02. The Bertz CT molecular complexity index is 694. The van der Waals surface area contributed by atoms with Gasteiger partial charge in [0.25, 0.3) is 0 Å². The molecule has 4 N–H and O–H groups in total. The highest BCUT2D eigenvalue weighted by Crippen LogP contribution is 2.30. The van der Waals surface area contributed by atoms with Crippen LogP contribution in [0.3, 0.4) is 0 Å². The Balaban J connectivity index is 1.84. The van der Waals surface area contributed by atoms with Crippen LogP contribution in [0.4, 0.5) is 24.5 Å². The van der Waals surface area contributed by atoms with Gasteiger partial charge in [0.15, 0.2) is 5.84 Å². The van der Waals surface area contributed by atoms with Gasteiger partial charge in [0.05, 0.1) is 5.56 Å². The van der Waals surface area contributed by atoms with Crippen molar-refractivity contribution in [3.63, 3.8) is 0 Å². The van der Waals surface area contributed by atoms with E-state index in [1.807, 2.05) is 24.3 Å². The second-order valence-corrected chi connectivity index (χ2v) is 4.57. The van der Waals surface area contributed by atoms with E-state index < -0.39 is 11.7 Å². The highest BCUT2D eigenvalue weighted by atomic mass is 19.4. The number of benzene rings is 2. The molecule has 114 valence electrons. The zero-order chi connectivity index (χ0) is 15.6. The van der Waals surface area contributed by atoms with Gasteiger partial charge in [0.1, 0.15) is 0 Å². The summed E-state index contributed by atoms with van der Waals surface area (Å²) in [6.45, 7) is 0. The van der Waals surface area contributed by atoms with Gasteiger partial charge in [-0.05, 0) is 36.4 Å². The molecule has 5 nitrogen and oxygen atoms in total. The van der Waals surface area contributed by atoms with E-state index in [0.717, 1.165) is 23.4 Å². The molecule has 0 bridgehead atoms. The van der Waals surface area contributed by atoms with E-state index in [0.29, 0.717) is 11.5 Å². The van der Waals surface area contributed by atoms with Gasteiger partial charge >= 0.3 is 6.18 Å². The number of hydrazine groups is 2. The summed E-state index contributed by atoms with van der Waals surface area (Å²) in [5.74, 6) is 0.579. The number of nitrogens with one attached hydrogen (secondary N) is 4. The topological polar surface area (TPSA) is 60.5 Å². The van der Waals surface area contributed by atoms with Crippen LogP contribution in [0.15, 0.2) is 53.6 Å². The molecule has 0 saturated heterocycles. The predicted octanol–water partition coefficient (Wildman–Crippen LogP) is 2.72. The van der Waals surface area contributed by atoms with Crippen molar-refractivity contribution in [1.82, 2.24) is 16.5 Å². The Labute approximate surface area is 124 Å². The fraction of sp³-hybridized carbons (Fsp3) is 0.0714. The van der Waals surface area contributed by atoms with Crippen molar-refractivity contribution in [3.8, 4) is 0 Å². The summed E-state index contributed by atoms with van der Waals surface area (Å²) in [5.41, 5.74) is 9.39. The molecule has 0 fully saturated rings. The van der Waals surface area contributed by atoms with E-state index in [1.165, 1.54) is 12.1 Å². The van der Waals surface area contributed by atoms with E-state index in [4.69, 9.17) is 0 Å². The molecule has 0 unspecified atom stereocenters. The van der Waals surface area contributed by atoms with E-state index in [2.05, 4.69) is 26.9 Å². The van der Waals surface area contributed by atoms with Crippen LogP contribution in [0, 0.1) is 0 Å². The molecular weight excluding hydrogens is 295 g/mol. The van der Waals surface area contributed by atoms with E-state index in [1.54, 1.807) is 0 Å². The van der Waals surface area contributed by atoms with E-state index >= 15 is 0 Å². The number of nitrogens with zero attached hydrogens (tertiary/aromatic N) is 1. The summed E-state index contributed by atoms with van der Waals surface area (Å²) in [7, 11) is 0. The maximum atomic E-state index is 12.6. The highest BCUT2D eigenvalue weighted by molar-refractivity contribution is 6.04. The highest BCUT2D eigenvalue weighted by Gasteiger charge is 2.29. The Morgan fingerprint density at radius 2 is 1.68 bits per heavy atom. The third-order valence-corrected chi connectivity index (χ3v) is 3.08. The summed E-state index contributed by atoms with van der Waals surface area (Å²) < 4.78 is 37.7. The molecule has 0 aliphatic carbocycles. The van der Waals surface area contributed by atoms with Gasteiger partial charge in [-0.25, -0.2) is 5.53 Å². The molecular formula is C14H12F3N5. The molecule has 0 spiro atoms. The Morgan fingerprint density at radius 1 is 0.955 bits per heavy atom. The molecule has 2 aromatic carbocycles. The number of hydrogen-bond donors (Lipinski definition) is 4. The monoisotopic (exact) mass is 307 g/mol. The minimum absolute atomic E-state index is 0.556. The predicted molar refractivity (Wildman–Crippen MR) is 77.1 cm³/mol. The molecule has 0 radical (unpaired) electrons. The van der Waals surface area contributed by atoms with Crippen LogP contribution in [0.2, 0.25) is 0 Å². The lowest BCUT2D eigenvalue weighted by Gasteiger charge is -2.12. The van der Waals surface area contributed by atoms with Crippen molar-refractivity contribution in [1.29, 1.82) is 0 Å². The van der Waals surface area contributed by atoms with Crippen LogP contribution in [0.25, 0.3) is 0 Å². The third-order valence-electron chi connectivity index (χ3n) is 3.08. The van der Waals surface area contributed by atoms with Gasteiger partial charge in [-0.3, -0.25) is 5.43 Å². The summed E-state index contributed by atoms with van der Waals surface area (Å²) >= 11 is 0. The third kappa shape index (κ3) is 2.96. The van der Waals surface area contributed by atoms with Crippen LogP contribution < -0.4 is 21.8 Å². The molecule has 3 rings (SSSR count). The first-order chi connectivity index (χ1) is 10.5. The molecule has 22 heavy (non-hydrogen) atoms. The summed E-state index contributed by atoms with van der Waals surface area (Å²) in [6.07, 6.45) is -4.34. The molecule has 8 heteroatoms. The van der Waals surface area contributed by atoms with Crippen LogP contribution in [0.1, 0.15) is 11.1 Å². The maximum Gasteiger partial charge on any atom is 0.416 e. The van der Waals surface area contributed by atoms with E-state index in [9.17, 15) is 13.2 Å². The Kier molecular flexibility index (Phi) is 3.60. The molecule has 1 aliphatic rings. The summed E-state index contributed by atoms with van der Waals surface area (Å²) in [4.78, 5) is 0. The summed E-state index contributed by atoms with van der Waals surface area (Å²) in [5, 5.41) is 7.09. The lowest BCUT2D eigenvalue weighted by molar-refractivity contribution is -0.137. The van der Waals surface area contributed by atoms with Crippen molar-refractivity contribution in [2.24, 2.45) is 5.10 Å². The molecule has 2 aromatic rings. The van der Waals surface area contributed by atoms with Crippen LogP contribution in [-0.4, -0.2) is 5.84 Å². The second kappa shape index (κ2) is 5.57. The van der Waals surface area contributed by atoms with Crippen molar-refractivity contribution < 1.29 is 13.2 Å². The Morgan fingerprint density at radius 3 is 2.32 bits per heavy atom. The first-order valence-corrected chi connectivity index (χ1v) is 6.41. The number of hydrogen-bond acceptors (Lipinski definition) is 5. The lowest BCUT2D eigenvalue weighted by Crippen LogP contribution is -2.35. The second-order valence-electron chi connectivity index (χ2n) is 4.57. The number of hydrazone groups is 1. The molecule has 0 saturated carbocycles. The molecule has 1 heterocycles. The van der Waals surface area contributed by atoms with E-state index in [-0.39, 0.29) is 0 Å². The molecule has 0 amide bonds. The van der Waals surface area contributed by atoms with Crippen molar-refractivity contribution in [3.05, 3.63) is 59.7 Å². The van der Waals surface area contributed by atoms with Gasteiger partial charge in [-0.15, -0.1) is 10.6 Å². The number of alkyl halides is 3. The standard InChI is InChI=1S/C14H12F3N5/c15-14(16,17)9-5-7-10(8-6-9)18-12-4-2-1-3-11(12)13-19-21-22-20-13/h1-8,18,21-22H,(H,19,20). The molecule has 0 aromatic heterocycles. The van der Waals surface area contributed by atoms with Gasteiger partial charge in [-0.2, -0.15) is 13.2 Å². The van der Waals surface area contributed by atoms with Crippen LogP contribution in [-0.2, 0) is 6.18 Å². The SMILES string of the molecule is FC(F)(F)c1ccc(Nc2ccccc2C2=NNNN2)cc1. The maximum absolute atomic E-state index is 12.6. The van der Waals surface area contributed by atoms with Crippen LogP contribution >= 0.6 is 0 Å². The van der Waals surface area contributed by atoms with Crippen molar-refractivity contribution in [2.75, 3.05) is 5.32 Å². The zero-order valence-electron chi connectivity index (χ0n) is 11.2. The normalized spacial score (nSPS) is 14.0. The minimum atomic E-state index is -4.34. The molecule has 0 atom stereocenters. The van der Waals surface area contributed by atoms with Crippen molar-refractivity contribution >= 4 is 17.2 Å². The first-order valence-electron chi connectivity index (χ1n) is 6.41. The fourth-order valence-corrected chi connectivity index (χ4v) is 2.02. The number of halogens is 3. The number of rotatable bonds is 3. The van der Waals surface area contributed by atoms with Gasteiger partial charge in [-0.1, -0.05) is 12.1 Å². The average Bonchev–Trinajstić information content (AvgIpc) is 3.01. The average molecular weight is 307 g/mol. The number of anilines is 2.